The summed E-state index contributed by atoms with van der Waals surface area (Å²) in [6.07, 6.45) is 1.43. The van der Waals surface area contributed by atoms with Gasteiger partial charge in [0.2, 0.25) is 0 Å². The van der Waals surface area contributed by atoms with Gasteiger partial charge in [-0.05, 0) is 49.8 Å². The lowest BCUT2D eigenvalue weighted by atomic mass is 10.1. The van der Waals surface area contributed by atoms with Gasteiger partial charge in [-0.2, -0.15) is 10.4 Å². The number of nitrogens with one attached hydrogen (secondary N) is 1. The van der Waals surface area contributed by atoms with E-state index in [1.54, 1.807) is 22.9 Å². The number of aryl methyl sites for hydroxylation is 2. The van der Waals surface area contributed by atoms with Gasteiger partial charge in [0.15, 0.2) is 0 Å². The molecule has 0 saturated carbocycles. The molecule has 0 fully saturated rings. The fourth-order valence-electron chi connectivity index (χ4n) is 2.58. The summed E-state index contributed by atoms with van der Waals surface area (Å²) in [6, 6.07) is 17.7. The highest BCUT2D eigenvalue weighted by atomic mass is 16.3. The van der Waals surface area contributed by atoms with E-state index in [0.717, 1.165) is 16.9 Å². The number of anilines is 1. The average Bonchev–Trinajstić information content (AvgIpc) is 3.00. The van der Waals surface area contributed by atoms with E-state index in [0.29, 0.717) is 11.4 Å². The van der Waals surface area contributed by atoms with Crippen LogP contribution in [-0.2, 0) is 4.79 Å². The van der Waals surface area contributed by atoms with Crippen LogP contribution in [0.4, 0.5) is 5.82 Å². The second-order valence-electron chi connectivity index (χ2n) is 6.14. The van der Waals surface area contributed by atoms with Gasteiger partial charge < -0.3 is 10.4 Å². The number of benzene rings is 2. The Morgan fingerprint density at radius 2 is 1.93 bits per heavy atom. The van der Waals surface area contributed by atoms with Crippen LogP contribution in [0.2, 0.25) is 0 Å². The third kappa shape index (κ3) is 4.22. The van der Waals surface area contributed by atoms with Crippen molar-refractivity contribution in [2.24, 2.45) is 0 Å². The Bertz CT molecular complexity index is 1060. The molecule has 0 atom stereocenters. The zero-order valence-corrected chi connectivity index (χ0v) is 15.0. The molecule has 1 heterocycles. The summed E-state index contributed by atoms with van der Waals surface area (Å²) >= 11 is 0. The largest absolute Gasteiger partial charge is 0.508 e. The molecule has 1 amide bonds. The number of hydrogen-bond donors (Lipinski definition) is 2. The zero-order chi connectivity index (χ0) is 19.4. The summed E-state index contributed by atoms with van der Waals surface area (Å²) in [5.74, 6) is -0.0120. The van der Waals surface area contributed by atoms with Crippen LogP contribution in [0.25, 0.3) is 11.8 Å². The van der Waals surface area contributed by atoms with Crippen molar-refractivity contribution < 1.29 is 9.90 Å². The highest BCUT2D eigenvalue weighted by Crippen LogP contribution is 2.19. The molecule has 134 valence electrons. The van der Waals surface area contributed by atoms with E-state index < -0.39 is 5.91 Å². The first kappa shape index (κ1) is 18.0. The highest BCUT2D eigenvalue weighted by molar-refractivity contribution is 6.09. The predicted molar refractivity (Wildman–Crippen MR) is 103 cm³/mol. The smallest absolute Gasteiger partial charge is 0.267 e. The minimum atomic E-state index is -0.547. The van der Waals surface area contributed by atoms with Crippen LogP contribution in [0, 0.1) is 25.2 Å². The number of phenols is 1. The Labute approximate surface area is 157 Å². The number of rotatable bonds is 4. The van der Waals surface area contributed by atoms with E-state index in [4.69, 9.17) is 0 Å². The van der Waals surface area contributed by atoms with E-state index in [2.05, 4.69) is 10.4 Å². The average molecular weight is 358 g/mol. The van der Waals surface area contributed by atoms with Crippen LogP contribution in [0.1, 0.15) is 16.8 Å². The summed E-state index contributed by atoms with van der Waals surface area (Å²) in [4.78, 5) is 12.6. The van der Waals surface area contributed by atoms with Gasteiger partial charge >= 0.3 is 0 Å². The molecule has 2 N–H and O–H groups in total. The van der Waals surface area contributed by atoms with Gasteiger partial charge in [0, 0.05) is 6.07 Å². The first-order chi connectivity index (χ1) is 13.0. The fourth-order valence-corrected chi connectivity index (χ4v) is 2.58. The number of nitrogens with zero attached hydrogens (tertiary/aromatic N) is 3. The van der Waals surface area contributed by atoms with Crippen molar-refractivity contribution in [2.75, 3.05) is 5.32 Å². The molecule has 0 aliphatic carbocycles. The summed E-state index contributed by atoms with van der Waals surface area (Å²) in [5, 5.41) is 26.0. The Hall–Kier alpha value is -3.85. The summed E-state index contributed by atoms with van der Waals surface area (Å²) in [5.41, 5.74) is 3.15. The van der Waals surface area contributed by atoms with Crippen LogP contribution >= 0.6 is 0 Å². The lowest BCUT2D eigenvalue weighted by Gasteiger charge is -2.09. The molecule has 6 heteroatoms. The van der Waals surface area contributed by atoms with Gasteiger partial charge in [-0.3, -0.25) is 4.79 Å². The van der Waals surface area contributed by atoms with Crippen molar-refractivity contribution in [3.8, 4) is 17.5 Å². The molecule has 0 bridgehead atoms. The molecule has 0 unspecified atom stereocenters. The Morgan fingerprint density at radius 1 is 1.19 bits per heavy atom. The van der Waals surface area contributed by atoms with Crippen molar-refractivity contribution in [1.29, 1.82) is 5.26 Å². The van der Waals surface area contributed by atoms with Crippen LogP contribution < -0.4 is 5.32 Å². The van der Waals surface area contributed by atoms with Crippen LogP contribution in [0.5, 0.6) is 5.75 Å². The normalized spacial score (nSPS) is 11.1. The van der Waals surface area contributed by atoms with Crippen molar-refractivity contribution in [3.05, 3.63) is 77.0 Å². The Balaban J connectivity index is 1.89. The minimum Gasteiger partial charge on any atom is -0.508 e. The Kier molecular flexibility index (Phi) is 5.04. The van der Waals surface area contributed by atoms with Gasteiger partial charge in [0.05, 0.1) is 11.4 Å². The van der Waals surface area contributed by atoms with Gasteiger partial charge in [-0.25, -0.2) is 4.68 Å². The van der Waals surface area contributed by atoms with E-state index in [1.807, 2.05) is 44.2 Å². The molecule has 27 heavy (non-hydrogen) atoms. The maximum Gasteiger partial charge on any atom is 0.267 e. The van der Waals surface area contributed by atoms with E-state index >= 15 is 0 Å². The first-order valence-corrected chi connectivity index (χ1v) is 8.32. The lowest BCUT2D eigenvalue weighted by molar-refractivity contribution is -0.112. The number of nitriles is 1. The highest BCUT2D eigenvalue weighted by Gasteiger charge is 2.14. The number of carbonyl (C=O) groups excluding carboxylic acids is 1. The van der Waals surface area contributed by atoms with Gasteiger partial charge in [0.25, 0.3) is 5.91 Å². The number of aromatic nitrogens is 2. The molecule has 0 spiro atoms. The number of aromatic hydroxyl groups is 1. The van der Waals surface area contributed by atoms with Crippen LogP contribution in [0.15, 0.2) is 60.2 Å². The standard InChI is InChI=1S/C21H18N4O2/c1-14-6-8-18(9-7-14)25-20(10-15(2)24-25)23-21(27)17(13-22)11-16-4-3-5-19(26)12-16/h3-12,26H,1-2H3,(H,23,27)/b17-11+. The van der Waals surface area contributed by atoms with Gasteiger partial charge in [0.1, 0.15) is 23.2 Å². The minimum absolute atomic E-state index is 0.0644. The van der Waals surface area contributed by atoms with Gasteiger partial charge in [-0.1, -0.05) is 29.8 Å². The molecule has 3 aromatic rings. The monoisotopic (exact) mass is 358 g/mol. The molecular weight excluding hydrogens is 340 g/mol. The Morgan fingerprint density at radius 3 is 2.59 bits per heavy atom. The summed E-state index contributed by atoms with van der Waals surface area (Å²) in [6.45, 7) is 3.82. The van der Waals surface area contributed by atoms with Crippen LogP contribution in [0.3, 0.4) is 0 Å². The van der Waals surface area contributed by atoms with E-state index in [9.17, 15) is 15.2 Å². The number of carbonyl (C=O) groups is 1. The SMILES string of the molecule is Cc1ccc(-n2nc(C)cc2NC(=O)/C(C#N)=C/c2cccc(O)c2)cc1. The molecule has 6 nitrogen and oxygen atoms in total. The van der Waals surface area contributed by atoms with E-state index in [-0.39, 0.29) is 11.3 Å². The van der Waals surface area contributed by atoms with Crippen molar-refractivity contribution in [3.63, 3.8) is 0 Å². The second kappa shape index (κ2) is 7.58. The fraction of sp³-hybridized carbons (Fsp3) is 0.0952. The third-order valence-electron chi connectivity index (χ3n) is 3.90. The molecule has 0 aliphatic rings. The van der Waals surface area contributed by atoms with E-state index in [1.165, 1.54) is 18.2 Å². The first-order valence-electron chi connectivity index (χ1n) is 8.32. The second-order valence-corrected chi connectivity index (χ2v) is 6.14. The molecule has 2 aromatic carbocycles. The molecule has 0 saturated heterocycles. The van der Waals surface area contributed by atoms with Crippen molar-refractivity contribution in [1.82, 2.24) is 9.78 Å². The summed E-state index contributed by atoms with van der Waals surface area (Å²) in [7, 11) is 0. The number of phenolic OH excluding ortho intramolecular Hbond substituents is 1. The van der Waals surface area contributed by atoms with Gasteiger partial charge in [-0.15, -0.1) is 0 Å². The molecule has 1 aromatic heterocycles. The molecule has 3 rings (SSSR count). The molecule has 0 aliphatic heterocycles. The quantitative estimate of drug-likeness (QED) is 0.549. The third-order valence-corrected chi connectivity index (χ3v) is 3.90. The maximum atomic E-state index is 12.6. The zero-order valence-electron chi connectivity index (χ0n) is 15.0. The number of hydrogen-bond acceptors (Lipinski definition) is 4. The molecular formula is C21H18N4O2. The lowest BCUT2D eigenvalue weighted by Crippen LogP contribution is -2.16. The molecule has 0 radical (unpaired) electrons. The topological polar surface area (TPSA) is 90.9 Å². The van der Waals surface area contributed by atoms with Crippen molar-refractivity contribution >= 4 is 17.8 Å². The van der Waals surface area contributed by atoms with Crippen molar-refractivity contribution in [2.45, 2.75) is 13.8 Å². The van der Waals surface area contributed by atoms with Crippen LogP contribution in [-0.4, -0.2) is 20.8 Å². The summed E-state index contributed by atoms with van der Waals surface area (Å²) < 4.78 is 1.62. The maximum absolute atomic E-state index is 12.6. The number of amides is 1. The predicted octanol–water partition coefficient (Wildman–Crippen LogP) is 3.74.